The molecule has 0 unspecified atom stereocenters. The second-order valence-corrected chi connectivity index (χ2v) is 3.73. The molecular weight excluding hydrogens is 201 g/mol. The third-order valence-corrected chi connectivity index (χ3v) is 2.88. The first-order valence-corrected chi connectivity index (χ1v) is 4.74. The average molecular weight is 207 g/mol. The molecule has 2 rings (SSSR count). The summed E-state index contributed by atoms with van der Waals surface area (Å²) in [4.78, 5) is 0. The van der Waals surface area contributed by atoms with E-state index in [1.165, 1.54) is 7.11 Å². The highest BCUT2D eigenvalue weighted by Crippen LogP contribution is 2.36. The van der Waals surface area contributed by atoms with Gasteiger partial charge in [-0.3, -0.25) is 0 Å². The van der Waals surface area contributed by atoms with Gasteiger partial charge in [0.2, 0.25) is 5.13 Å². The monoisotopic (exact) mass is 207 g/mol. The molecule has 2 nitrogen and oxygen atoms in total. The topological polar surface area (TPSA) is 33.0 Å². The maximum absolute atomic E-state index is 13.3. The first kappa shape index (κ1) is 8.97. The Labute approximate surface area is 84.2 Å². The van der Waals surface area contributed by atoms with Gasteiger partial charge in [0.25, 0.3) is 0 Å². The molecule has 2 aromatic rings. The largest absolute Gasteiger partial charge is 0.492 e. The lowest BCUT2D eigenvalue weighted by molar-refractivity contribution is 0.398. The van der Waals surface area contributed by atoms with E-state index >= 15 is 0 Å². The summed E-state index contributed by atoms with van der Waals surface area (Å²) in [7, 11) is 1.42. The van der Waals surface area contributed by atoms with E-state index in [-0.39, 0.29) is 10.9 Å². The number of halogens is 1. The number of ether oxygens (including phenoxy) is 1. The van der Waals surface area contributed by atoms with E-state index in [9.17, 15) is 4.39 Å². The number of hydrogen-bond donors (Lipinski definition) is 0. The van der Waals surface area contributed by atoms with Gasteiger partial charge in [0.1, 0.15) is 0 Å². The molecule has 0 bridgehead atoms. The van der Waals surface area contributed by atoms with Crippen LogP contribution in [-0.2, 0) is 0 Å². The molecule has 0 fully saturated rings. The maximum Gasteiger partial charge on any atom is 0.219 e. The molecule has 0 saturated heterocycles. The lowest BCUT2D eigenvalue weighted by atomic mass is 10.2. The fourth-order valence-corrected chi connectivity index (χ4v) is 2.18. The number of fused-ring (bicyclic) bond motifs is 1. The van der Waals surface area contributed by atoms with Gasteiger partial charge in [0, 0.05) is 10.1 Å². The number of thiophene rings is 1. The number of nitriles is 1. The molecule has 0 radical (unpaired) electrons. The van der Waals surface area contributed by atoms with Gasteiger partial charge in [-0.1, -0.05) is 0 Å². The maximum atomic E-state index is 13.3. The molecule has 0 aliphatic heterocycles. The van der Waals surface area contributed by atoms with Crippen LogP contribution in [0.5, 0.6) is 5.75 Å². The highest BCUT2D eigenvalue weighted by atomic mass is 32.1. The van der Waals surface area contributed by atoms with Gasteiger partial charge < -0.3 is 4.74 Å². The Morgan fingerprint density at radius 1 is 1.50 bits per heavy atom. The van der Waals surface area contributed by atoms with Crippen LogP contribution in [0.4, 0.5) is 4.39 Å². The van der Waals surface area contributed by atoms with Gasteiger partial charge in [-0.15, -0.1) is 11.3 Å². The summed E-state index contributed by atoms with van der Waals surface area (Å²) < 4.78 is 19.0. The predicted molar refractivity (Wildman–Crippen MR) is 53.1 cm³/mol. The Morgan fingerprint density at radius 2 is 2.29 bits per heavy atom. The second-order valence-electron chi connectivity index (χ2n) is 2.73. The van der Waals surface area contributed by atoms with Gasteiger partial charge in [-0.2, -0.15) is 9.65 Å². The smallest absolute Gasteiger partial charge is 0.219 e. The molecule has 0 aliphatic carbocycles. The molecular formula is C10H6FNOS. The minimum atomic E-state index is -0.349. The Hall–Kier alpha value is -1.60. The summed E-state index contributed by atoms with van der Waals surface area (Å²) >= 11 is 1.02. The van der Waals surface area contributed by atoms with Crippen molar-refractivity contribution in [3.63, 3.8) is 0 Å². The third kappa shape index (κ3) is 1.22. The van der Waals surface area contributed by atoms with Crippen molar-refractivity contribution < 1.29 is 9.13 Å². The number of rotatable bonds is 1. The molecule has 1 aromatic heterocycles. The van der Waals surface area contributed by atoms with Gasteiger partial charge in [0.05, 0.1) is 18.7 Å². The van der Waals surface area contributed by atoms with Crippen LogP contribution in [0.15, 0.2) is 18.2 Å². The Bertz CT molecular complexity index is 527. The molecule has 1 aromatic carbocycles. The SMILES string of the molecule is COc1c(F)sc2ccc(C#N)cc12. The first-order chi connectivity index (χ1) is 6.76. The van der Waals surface area contributed by atoms with Crippen molar-refractivity contribution in [3.8, 4) is 11.8 Å². The summed E-state index contributed by atoms with van der Waals surface area (Å²) in [5.74, 6) is 0.224. The molecule has 0 saturated carbocycles. The van der Waals surface area contributed by atoms with Crippen LogP contribution in [0, 0.1) is 16.5 Å². The minimum Gasteiger partial charge on any atom is -0.492 e. The van der Waals surface area contributed by atoms with Crippen molar-refractivity contribution in [1.82, 2.24) is 0 Å². The van der Waals surface area contributed by atoms with Crippen molar-refractivity contribution in [2.45, 2.75) is 0 Å². The normalized spacial score (nSPS) is 10.1. The van der Waals surface area contributed by atoms with Crippen LogP contribution in [0.1, 0.15) is 5.56 Å². The predicted octanol–water partition coefficient (Wildman–Crippen LogP) is 2.92. The zero-order valence-corrected chi connectivity index (χ0v) is 8.19. The van der Waals surface area contributed by atoms with Crippen LogP contribution in [0.2, 0.25) is 0 Å². The summed E-state index contributed by atoms with van der Waals surface area (Å²) in [5.41, 5.74) is 0.508. The molecule has 0 aliphatic rings. The Kier molecular flexibility index (Phi) is 2.10. The standard InChI is InChI=1S/C10H6FNOS/c1-13-9-7-4-6(5-12)2-3-8(7)14-10(9)11/h2-4H,1H3. The highest BCUT2D eigenvalue weighted by Gasteiger charge is 2.12. The lowest BCUT2D eigenvalue weighted by Crippen LogP contribution is -1.82. The van der Waals surface area contributed by atoms with Gasteiger partial charge in [-0.25, -0.2) is 0 Å². The molecule has 4 heteroatoms. The summed E-state index contributed by atoms with van der Waals surface area (Å²) in [6, 6.07) is 7.03. The zero-order valence-electron chi connectivity index (χ0n) is 7.37. The van der Waals surface area contributed by atoms with Crippen LogP contribution in [0.3, 0.4) is 0 Å². The van der Waals surface area contributed by atoms with E-state index in [4.69, 9.17) is 10.00 Å². The van der Waals surface area contributed by atoms with Gasteiger partial charge in [0.15, 0.2) is 5.75 Å². The first-order valence-electron chi connectivity index (χ1n) is 3.92. The van der Waals surface area contributed by atoms with Crippen molar-refractivity contribution in [2.75, 3.05) is 7.11 Å². The van der Waals surface area contributed by atoms with E-state index in [0.717, 1.165) is 16.0 Å². The van der Waals surface area contributed by atoms with E-state index in [1.54, 1.807) is 18.2 Å². The van der Waals surface area contributed by atoms with Crippen LogP contribution >= 0.6 is 11.3 Å². The van der Waals surface area contributed by atoms with Crippen LogP contribution in [0.25, 0.3) is 10.1 Å². The van der Waals surface area contributed by atoms with Gasteiger partial charge >= 0.3 is 0 Å². The summed E-state index contributed by atoms with van der Waals surface area (Å²) in [5, 5.41) is 9.00. The van der Waals surface area contributed by atoms with Crippen molar-refractivity contribution in [1.29, 1.82) is 5.26 Å². The highest BCUT2D eigenvalue weighted by molar-refractivity contribution is 7.17. The number of methoxy groups -OCH3 is 1. The molecule has 0 N–H and O–H groups in total. The van der Waals surface area contributed by atoms with E-state index in [2.05, 4.69) is 0 Å². The molecule has 0 atom stereocenters. The lowest BCUT2D eigenvalue weighted by Gasteiger charge is -1.96. The average Bonchev–Trinajstić information content (AvgIpc) is 2.52. The molecule has 0 amide bonds. The minimum absolute atomic E-state index is 0.224. The zero-order chi connectivity index (χ0) is 10.1. The number of hydrogen-bond acceptors (Lipinski definition) is 3. The molecule has 14 heavy (non-hydrogen) atoms. The molecule has 0 spiro atoms. The van der Waals surface area contributed by atoms with Crippen molar-refractivity contribution in [2.24, 2.45) is 0 Å². The quantitative estimate of drug-likeness (QED) is 0.720. The molecule has 70 valence electrons. The second kappa shape index (κ2) is 3.28. The van der Waals surface area contributed by atoms with E-state index in [1.807, 2.05) is 6.07 Å². The van der Waals surface area contributed by atoms with Gasteiger partial charge in [-0.05, 0) is 18.2 Å². The van der Waals surface area contributed by atoms with Crippen LogP contribution in [-0.4, -0.2) is 7.11 Å². The Morgan fingerprint density at radius 3 is 2.93 bits per heavy atom. The molecule has 1 heterocycles. The summed E-state index contributed by atoms with van der Waals surface area (Å²) in [6.45, 7) is 0. The Balaban J connectivity index is 2.79. The van der Waals surface area contributed by atoms with Crippen molar-refractivity contribution >= 4 is 21.4 Å². The number of benzene rings is 1. The van der Waals surface area contributed by atoms with E-state index < -0.39 is 0 Å². The number of nitrogens with zero attached hydrogens (tertiary/aromatic N) is 1. The summed E-state index contributed by atoms with van der Waals surface area (Å²) in [6.07, 6.45) is 0. The fourth-order valence-electron chi connectivity index (χ4n) is 1.30. The van der Waals surface area contributed by atoms with E-state index in [0.29, 0.717) is 10.9 Å². The van der Waals surface area contributed by atoms with Crippen molar-refractivity contribution in [3.05, 3.63) is 28.9 Å². The third-order valence-electron chi connectivity index (χ3n) is 1.94. The fraction of sp³-hybridized carbons (Fsp3) is 0.100. The van der Waals surface area contributed by atoms with Crippen LogP contribution < -0.4 is 4.74 Å².